The van der Waals surface area contributed by atoms with Crippen LogP contribution in [0.2, 0.25) is 5.15 Å². The highest BCUT2D eigenvalue weighted by molar-refractivity contribution is 6.30. The fourth-order valence-corrected chi connectivity index (χ4v) is 3.77. The summed E-state index contributed by atoms with van der Waals surface area (Å²) in [6.07, 6.45) is 2.38. The Kier molecular flexibility index (Phi) is 4.15. The number of aromatic nitrogens is 2. The predicted octanol–water partition coefficient (Wildman–Crippen LogP) is 4.57. The van der Waals surface area contributed by atoms with Gasteiger partial charge in [0.05, 0.1) is 11.7 Å². The molecule has 3 heterocycles. The maximum absolute atomic E-state index is 12.5. The average Bonchev–Trinajstić information content (AvgIpc) is 3.14. The molecule has 1 atom stereocenters. The second kappa shape index (κ2) is 6.27. The van der Waals surface area contributed by atoms with Gasteiger partial charge >= 0.3 is 5.97 Å². The first-order valence-electron chi connectivity index (χ1n) is 8.95. The van der Waals surface area contributed by atoms with E-state index in [1.54, 1.807) is 6.20 Å². The molecule has 0 fully saturated rings. The van der Waals surface area contributed by atoms with Crippen molar-refractivity contribution in [2.75, 3.05) is 5.32 Å². The minimum atomic E-state index is -0.502. The fraction of sp³-hybridized carbons (Fsp3) is 0.333. The molecule has 1 aliphatic rings. The first-order chi connectivity index (χ1) is 12.7. The highest BCUT2D eigenvalue weighted by Gasteiger charge is 2.32. The van der Waals surface area contributed by atoms with Gasteiger partial charge in [0.1, 0.15) is 16.8 Å². The Morgan fingerprint density at radius 1 is 1.33 bits per heavy atom. The van der Waals surface area contributed by atoms with Crippen molar-refractivity contribution in [3.05, 3.63) is 47.2 Å². The Hall–Kier alpha value is -2.53. The summed E-state index contributed by atoms with van der Waals surface area (Å²) in [5.41, 5.74) is 4.78. The number of carbonyl (C=O) groups is 1. The van der Waals surface area contributed by atoms with Crippen LogP contribution in [0.1, 0.15) is 26.3 Å². The number of anilines is 1. The van der Waals surface area contributed by atoms with Crippen molar-refractivity contribution in [1.29, 1.82) is 0 Å². The third kappa shape index (κ3) is 3.28. The molecular formula is C21H22ClN3O2. The van der Waals surface area contributed by atoms with Crippen LogP contribution >= 0.6 is 11.6 Å². The summed E-state index contributed by atoms with van der Waals surface area (Å²) in [5, 5.41) is 4.83. The van der Waals surface area contributed by atoms with Crippen LogP contribution in [0.3, 0.4) is 0 Å². The highest BCUT2D eigenvalue weighted by Crippen LogP contribution is 2.37. The Balaban J connectivity index is 1.72. The van der Waals surface area contributed by atoms with Crippen molar-refractivity contribution >= 4 is 34.2 Å². The zero-order chi connectivity index (χ0) is 19.3. The number of nitrogens with one attached hydrogen (secondary N) is 1. The average molecular weight is 384 g/mol. The number of nitrogens with zero attached hydrogens (tertiary/aromatic N) is 2. The monoisotopic (exact) mass is 383 g/mol. The number of pyridine rings is 1. The Bertz CT molecular complexity index is 1050. The van der Waals surface area contributed by atoms with Crippen LogP contribution in [0.25, 0.3) is 22.2 Å². The lowest BCUT2D eigenvalue weighted by molar-refractivity contribution is -0.155. The molecule has 5 nitrogen and oxygen atoms in total. The molecular weight excluding hydrogens is 362 g/mol. The van der Waals surface area contributed by atoms with Gasteiger partial charge in [0.15, 0.2) is 0 Å². The molecule has 0 spiro atoms. The molecule has 140 valence electrons. The molecule has 0 saturated heterocycles. The molecule has 4 rings (SSSR count). The standard InChI is InChI=1S/C21H22ClN3O2/c1-21(2,3)27-20(26)16-10-14-13(6-5-7-15(14)24-16)17-8-12-9-19(22)23-11-18(12)25(17)4/h5-9,11,16,24H,10H2,1-4H3. The van der Waals surface area contributed by atoms with E-state index >= 15 is 0 Å². The summed E-state index contributed by atoms with van der Waals surface area (Å²) in [5.74, 6) is -0.224. The number of ether oxygens (including phenoxy) is 1. The lowest BCUT2D eigenvalue weighted by Crippen LogP contribution is -2.35. The van der Waals surface area contributed by atoms with Gasteiger partial charge in [-0.15, -0.1) is 0 Å². The SMILES string of the molecule is Cn1c(-c2cccc3c2CC(C(=O)OC(C)(C)C)N3)cc2cc(Cl)ncc21. The zero-order valence-corrected chi connectivity index (χ0v) is 16.6. The maximum atomic E-state index is 12.5. The summed E-state index contributed by atoms with van der Waals surface area (Å²) in [6, 6.07) is 9.70. The van der Waals surface area contributed by atoms with Crippen molar-refractivity contribution in [3.8, 4) is 11.3 Å². The smallest absolute Gasteiger partial charge is 0.329 e. The summed E-state index contributed by atoms with van der Waals surface area (Å²) in [4.78, 5) is 16.7. The number of fused-ring (bicyclic) bond motifs is 2. The van der Waals surface area contributed by atoms with Gasteiger partial charge in [-0.3, -0.25) is 0 Å². The fourth-order valence-electron chi connectivity index (χ4n) is 3.61. The van der Waals surface area contributed by atoms with Gasteiger partial charge in [-0.25, -0.2) is 9.78 Å². The zero-order valence-electron chi connectivity index (χ0n) is 15.8. The van der Waals surface area contributed by atoms with Gasteiger partial charge < -0.3 is 14.6 Å². The molecule has 0 bridgehead atoms. The summed E-state index contributed by atoms with van der Waals surface area (Å²) < 4.78 is 7.66. The molecule has 0 amide bonds. The number of hydrogen-bond donors (Lipinski definition) is 1. The number of rotatable bonds is 2. The van der Waals surface area contributed by atoms with Gasteiger partial charge in [0, 0.05) is 35.8 Å². The van der Waals surface area contributed by atoms with E-state index in [-0.39, 0.29) is 12.0 Å². The van der Waals surface area contributed by atoms with Crippen LogP contribution in [-0.4, -0.2) is 27.2 Å². The lowest BCUT2D eigenvalue weighted by atomic mass is 10.00. The normalized spacial score (nSPS) is 16.3. The number of halogens is 1. The number of benzene rings is 1. The topological polar surface area (TPSA) is 56.1 Å². The quantitative estimate of drug-likeness (QED) is 0.520. The molecule has 27 heavy (non-hydrogen) atoms. The van der Waals surface area contributed by atoms with Crippen molar-refractivity contribution in [2.24, 2.45) is 7.05 Å². The largest absolute Gasteiger partial charge is 0.458 e. The van der Waals surface area contributed by atoms with Crippen molar-refractivity contribution < 1.29 is 9.53 Å². The summed E-state index contributed by atoms with van der Waals surface area (Å²) in [6.45, 7) is 5.65. The Morgan fingerprint density at radius 3 is 2.85 bits per heavy atom. The predicted molar refractivity (Wildman–Crippen MR) is 108 cm³/mol. The second-order valence-electron chi connectivity index (χ2n) is 7.92. The van der Waals surface area contributed by atoms with E-state index < -0.39 is 5.60 Å². The van der Waals surface area contributed by atoms with Gasteiger partial charge in [0.25, 0.3) is 0 Å². The van der Waals surface area contributed by atoms with Crippen LogP contribution in [-0.2, 0) is 23.0 Å². The van der Waals surface area contributed by atoms with E-state index in [4.69, 9.17) is 16.3 Å². The van der Waals surface area contributed by atoms with Gasteiger partial charge in [-0.05, 0) is 44.5 Å². The third-order valence-corrected chi connectivity index (χ3v) is 4.98. The van der Waals surface area contributed by atoms with E-state index in [9.17, 15) is 4.79 Å². The van der Waals surface area contributed by atoms with Gasteiger partial charge in [-0.1, -0.05) is 23.7 Å². The highest BCUT2D eigenvalue weighted by atomic mass is 35.5. The van der Waals surface area contributed by atoms with Crippen LogP contribution in [0.5, 0.6) is 0 Å². The van der Waals surface area contributed by atoms with E-state index in [1.807, 2.05) is 46.0 Å². The number of aryl methyl sites for hydroxylation is 1. The minimum absolute atomic E-state index is 0.224. The first kappa shape index (κ1) is 17.9. The number of carbonyl (C=O) groups excluding carboxylic acids is 1. The molecule has 1 aromatic carbocycles. The van der Waals surface area contributed by atoms with Gasteiger partial charge in [0.2, 0.25) is 0 Å². The van der Waals surface area contributed by atoms with Crippen LogP contribution in [0, 0.1) is 0 Å². The first-order valence-corrected chi connectivity index (χ1v) is 9.33. The van der Waals surface area contributed by atoms with E-state index in [1.165, 1.54) is 0 Å². The molecule has 1 N–H and O–H groups in total. The molecule has 3 aromatic rings. The summed E-state index contributed by atoms with van der Waals surface area (Å²) >= 11 is 6.04. The van der Waals surface area contributed by atoms with E-state index in [2.05, 4.69) is 27.0 Å². The third-order valence-electron chi connectivity index (χ3n) is 4.78. The van der Waals surface area contributed by atoms with Crippen molar-refractivity contribution in [2.45, 2.75) is 38.8 Å². The lowest BCUT2D eigenvalue weighted by Gasteiger charge is -2.22. The van der Waals surface area contributed by atoms with Crippen LogP contribution < -0.4 is 5.32 Å². The van der Waals surface area contributed by atoms with Crippen LogP contribution in [0.15, 0.2) is 36.5 Å². The molecule has 0 saturated carbocycles. The minimum Gasteiger partial charge on any atom is -0.458 e. The molecule has 1 unspecified atom stereocenters. The van der Waals surface area contributed by atoms with Gasteiger partial charge in [-0.2, -0.15) is 0 Å². The van der Waals surface area contributed by atoms with E-state index in [0.29, 0.717) is 11.6 Å². The maximum Gasteiger partial charge on any atom is 0.329 e. The Labute approximate surface area is 163 Å². The molecule has 0 radical (unpaired) electrons. The van der Waals surface area contributed by atoms with Crippen molar-refractivity contribution in [1.82, 2.24) is 9.55 Å². The molecule has 2 aromatic heterocycles. The Morgan fingerprint density at radius 2 is 2.11 bits per heavy atom. The van der Waals surface area contributed by atoms with Crippen LogP contribution in [0.4, 0.5) is 5.69 Å². The molecule has 1 aliphatic heterocycles. The molecule has 0 aliphatic carbocycles. The van der Waals surface area contributed by atoms with E-state index in [0.717, 1.165) is 33.4 Å². The number of hydrogen-bond acceptors (Lipinski definition) is 4. The number of esters is 1. The molecule has 6 heteroatoms. The van der Waals surface area contributed by atoms with Crippen molar-refractivity contribution in [3.63, 3.8) is 0 Å². The summed E-state index contributed by atoms with van der Waals surface area (Å²) in [7, 11) is 2.01. The second-order valence-corrected chi connectivity index (χ2v) is 8.31.